The number of hydrogen-bond acceptors (Lipinski definition) is 7. The van der Waals surface area contributed by atoms with Gasteiger partial charge < -0.3 is 25.0 Å². The maximum atomic E-state index is 13.6. The van der Waals surface area contributed by atoms with Gasteiger partial charge in [0.05, 0.1) is 29.7 Å². The normalized spacial score (nSPS) is 18.6. The van der Waals surface area contributed by atoms with Crippen LogP contribution in [0.5, 0.6) is 5.75 Å². The first-order valence-corrected chi connectivity index (χ1v) is 15.0. The highest BCUT2D eigenvalue weighted by Crippen LogP contribution is 2.31. The maximum Gasteiger partial charge on any atom is 0.258 e. The first-order valence-electron chi connectivity index (χ1n) is 13.2. The van der Waals surface area contributed by atoms with Crippen LogP contribution in [0.1, 0.15) is 37.0 Å². The van der Waals surface area contributed by atoms with Crippen molar-refractivity contribution in [2.45, 2.75) is 43.7 Å². The number of ether oxygens (including phenoxy) is 1. The molecule has 0 aromatic heterocycles. The molecule has 0 spiro atoms. The van der Waals surface area contributed by atoms with Crippen molar-refractivity contribution in [1.82, 2.24) is 14.1 Å². The van der Waals surface area contributed by atoms with Crippen molar-refractivity contribution >= 4 is 39.1 Å². The summed E-state index contributed by atoms with van der Waals surface area (Å²) in [6, 6.07) is 10.3. The second-order valence-corrected chi connectivity index (χ2v) is 13.0. The Kier molecular flexibility index (Phi) is 11.0. The van der Waals surface area contributed by atoms with E-state index in [2.05, 4.69) is 5.32 Å². The molecule has 3 rings (SSSR count). The number of nitrogens with zero attached hydrogens (tertiary/aromatic N) is 3. The van der Waals surface area contributed by atoms with Gasteiger partial charge in [-0.3, -0.25) is 9.59 Å². The Morgan fingerprint density at radius 3 is 2.50 bits per heavy atom. The third-order valence-corrected chi connectivity index (χ3v) is 9.01. The quantitative estimate of drug-likeness (QED) is 0.410. The van der Waals surface area contributed by atoms with Gasteiger partial charge in [-0.1, -0.05) is 18.5 Å². The molecule has 2 aromatic carbocycles. The van der Waals surface area contributed by atoms with Crippen LogP contribution in [0.15, 0.2) is 47.4 Å². The van der Waals surface area contributed by atoms with Gasteiger partial charge >= 0.3 is 0 Å². The van der Waals surface area contributed by atoms with Crippen molar-refractivity contribution in [2.24, 2.45) is 5.92 Å². The number of aliphatic hydroxyl groups excluding tert-OH is 1. The molecule has 1 aliphatic heterocycles. The molecule has 0 radical (unpaired) electrons. The predicted octanol–water partition coefficient (Wildman–Crippen LogP) is 3.16. The summed E-state index contributed by atoms with van der Waals surface area (Å²) in [6.45, 7) is 4.42. The number of carbonyl (C=O) groups is 2. The monoisotopic (exact) mass is 594 g/mol. The number of benzene rings is 2. The van der Waals surface area contributed by atoms with E-state index in [9.17, 15) is 23.1 Å². The number of sulfonamides is 1. The zero-order chi connectivity index (χ0) is 29.6. The Morgan fingerprint density at radius 2 is 1.88 bits per heavy atom. The van der Waals surface area contributed by atoms with Gasteiger partial charge in [0.15, 0.2) is 0 Å². The third-order valence-electron chi connectivity index (χ3n) is 6.92. The van der Waals surface area contributed by atoms with Crippen molar-refractivity contribution in [1.29, 1.82) is 0 Å². The molecule has 0 fully saturated rings. The number of hydrogen-bond donors (Lipinski definition) is 2. The highest BCUT2D eigenvalue weighted by Gasteiger charge is 2.35. The molecule has 3 atom stereocenters. The number of amides is 2. The van der Waals surface area contributed by atoms with Crippen LogP contribution < -0.4 is 10.1 Å². The van der Waals surface area contributed by atoms with Crippen molar-refractivity contribution in [2.75, 3.05) is 52.7 Å². The molecule has 1 aliphatic rings. The van der Waals surface area contributed by atoms with E-state index in [4.69, 9.17) is 16.3 Å². The lowest BCUT2D eigenvalue weighted by molar-refractivity contribution is -0.116. The third kappa shape index (κ3) is 7.94. The molecule has 1 heterocycles. The van der Waals surface area contributed by atoms with Gasteiger partial charge in [0.2, 0.25) is 15.9 Å². The van der Waals surface area contributed by atoms with E-state index in [1.165, 1.54) is 35.6 Å². The fourth-order valence-electron chi connectivity index (χ4n) is 4.44. The molecule has 2 aromatic rings. The van der Waals surface area contributed by atoms with E-state index in [-0.39, 0.29) is 53.6 Å². The van der Waals surface area contributed by atoms with Crippen molar-refractivity contribution < 1.29 is 27.9 Å². The lowest BCUT2D eigenvalue weighted by atomic mass is 9.99. The van der Waals surface area contributed by atoms with Gasteiger partial charge in [0, 0.05) is 36.6 Å². The van der Waals surface area contributed by atoms with Crippen molar-refractivity contribution in [3.05, 3.63) is 53.1 Å². The minimum atomic E-state index is -3.83. The number of rotatable bonds is 11. The number of carbonyl (C=O) groups excluding carboxylic acids is 2. The summed E-state index contributed by atoms with van der Waals surface area (Å²) in [4.78, 5) is 29.8. The van der Waals surface area contributed by atoms with Gasteiger partial charge in [0.25, 0.3) is 5.91 Å². The molecule has 220 valence electrons. The van der Waals surface area contributed by atoms with Crippen LogP contribution >= 0.6 is 11.6 Å². The Morgan fingerprint density at radius 1 is 1.20 bits per heavy atom. The Hall–Kier alpha value is -2.70. The van der Waals surface area contributed by atoms with E-state index in [0.29, 0.717) is 23.6 Å². The fourth-order valence-corrected chi connectivity index (χ4v) is 5.74. The minimum Gasteiger partial charge on any atom is -0.488 e. The standard InChI is InChI=1S/C28H39ClN4O6S/c1-19-16-33(20(2)18-34)28(36)24-15-22(30-27(35)7-6-14-31(3)4)10-13-25(24)39-26(19)17-32(5)40(37,38)23-11-8-21(29)9-12-23/h8-13,15,19-20,26,34H,6-7,14,16-18H2,1-5H3,(H,30,35)/t19-,20-,26+/m1/s1. The lowest BCUT2D eigenvalue weighted by Gasteiger charge is -2.38. The topological polar surface area (TPSA) is 119 Å². The molecule has 12 heteroatoms. The number of nitrogens with one attached hydrogen (secondary N) is 1. The number of anilines is 1. The predicted molar refractivity (Wildman–Crippen MR) is 155 cm³/mol. The molecule has 0 saturated carbocycles. The van der Waals surface area contributed by atoms with Crippen LogP contribution in [-0.4, -0.2) is 99.0 Å². The van der Waals surface area contributed by atoms with Crippen LogP contribution in [-0.2, 0) is 14.8 Å². The summed E-state index contributed by atoms with van der Waals surface area (Å²) >= 11 is 5.93. The smallest absolute Gasteiger partial charge is 0.258 e. The molecule has 2 N–H and O–H groups in total. The summed E-state index contributed by atoms with van der Waals surface area (Å²) in [5.41, 5.74) is 0.682. The van der Waals surface area contributed by atoms with Gasteiger partial charge in [-0.15, -0.1) is 0 Å². The first-order chi connectivity index (χ1) is 18.8. The molecule has 0 saturated heterocycles. The van der Waals surface area contributed by atoms with E-state index in [1.54, 1.807) is 30.0 Å². The molecule has 0 bridgehead atoms. The molecule has 10 nitrogen and oxygen atoms in total. The first kappa shape index (κ1) is 31.8. The lowest BCUT2D eigenvalue weighted by Crippen LogP contribution is -2.50. The van der Waals surface area contributed by atoms with Crippen LogP contribution in [0.25, 0.3) is 0 Å². The molecule has 2 amide bonds. The van der Waals surface area contributed by atoms with Crippen molar-refractivity contribution in [3.63, 3.8) is 0 Å². The summed E-state index contributed by atoms with van der Waals surface area (Å²) < 4.78 is 34.0. The second-order valence-electron chi connectivity index (χ2n) is 10.5. The molecule has 40 heavy (non-hydrogen) atoms. The Balaban J connectivity index is 1.89. The van der Waals surface area contributed by atoms with E-state index in [0.717, 1.165) is 6.54 Å². The van der Waals surface area contributed by atoms with Crippen LogP contribution in [0.2, 0.25) is 5.02 Å². The summed E-state index contributed by atoms with van der Waals surface area (Å²) in [6.07, 6.45) is 0.417. The zero-order valence-electron chi connectivity index (χ0n) is 23.6. The van der Waals surface area contributed by atoms with Gasteiger partial charge in [-0.2, -0.15) is 4.31 Å². The number of likely N-dealkylation sites (N-methyl/N-ethyl adjacent to an activating group) is 1. The zero-order valence-corrected chi connectivity index (χ0v) is 25.2. The maximum absolute atomic E-state index is 13.6. The Labute approximate surface area is 241 Å². The number of halogens is 1. The average Bonchev–Trinajstić information content (AvgIpc) is 2.90. The van der Waals surface area contributed by atoms with E-state index >= 15 is 0 Å². The van der Waals surface area contributed by atoms with E-state index < -0.39 is 22.2 Å². The summed E-state index contributed by atoms with van der Waals surface area (Å²) in [7, 11) is 1.53. The summed E-state index contributed by atoms with van der Waals surface area (Å²) in [5, 5.41) is 13.2. The van der Waals surface area contributed by atoms with Gasteiger partial charge in [-0.25, -0.2) is 8.42 Å². The van der Waals surface area contributed by atoms with Crippen LogP contribution in [0.3, 0.4) is 0 Å². The minimum absolute atomic E-state index is 0.0193. The van der Waals surface area contributed by atoms with Crippen molar-refractivity contribution in [3.8, 4) is 5.75 Å². The number of fused-ring (bicyclic) bond motifs is 1. The highest BCUT2D eigenvalue weighted by atomic mass is 35.5. The molecular weight excluding hydrogens is 556 g/mol. The molecule has 0 aliphatic carbocycles. The molecule has 0 unspecified atom stereocenters. The second kappa shape index (κ2) is 13.8. The highest BCUT2D eigenvalue weighted by molar-refractivity contribution is 7.89. The number of aliphatic hydroxyl groups is 1. The largest absolute Gasteiger partial charge is 0.488 e. The van der Waals surface area contributed by atoms with Gasteiger partial charge in [-0.05, 0) is 76.4 Å². The Bertz CT molecular complexity index is 1290. The van der Waals surface area contributed by atoms with Crippen LogP contribution in [0.4, 0.5) is 5.69 Å². The van der Waals surface area contributed by atoms with E-state index in [1.807, 2.05) is 25.9 Å². The summed E-state index contributed by atoms with van der Waals surface area (Å²) in [5.74, 6) is -0.501. The SMILES string of the molecule is C[C@@H]1CN([C@H](C)CO)C(=O)c2cc(NC(=O)CCCN(C)C)ccc2O[C@H]1CN(C)S(=O)(=O)c1ccc(Cl)cc1. The fraction of sp³-hybridized carbons (Fsp3) is 0.500. The van der Waals surface area contributed by atoms with Crippen LogP contribution in [0, 0.1) is 5.92 Å². The average molecular weight is 595 g/mol. The van der Waals surface area contributed by atoms with Gasteiger partial charge in [0.1, 0.15) is 11.9 Å². The molecular formula is C28H39ClN4O6S.